The van der Waals surface area contributed by atoms with E-state index in [1.54, 1.807) is 12.1 Å². The molecule has 0 aliphatic heterocycles. The Hall–Kier alpha value is -3.15. The van der Waals surface area contributed by atoms with Gasteiger partial charge >= 0.3 is 0 Å². The molecule has 0 saturated carbocycles. The molecule has 1 heterocycles. The van der Waals surface area contributed by atoms with Gasteiger partial charge in [-0.05, 0) is 42.2 Å². The second-order valence-corrected chi connectivity index (χ2v) is 6.78. The number of benzene rings is 2. The first kappa shape index (κ1) is 19.6. The quantitative estimate of drug-likeness (QED) is 0.630. The van der Waals surface area contributed by atoms with E-state index in [-0.39, 0.29) is 24.2 Å². The molecule has 0 aliphatic rings. The summed E-state index contributed by atoms with van der Waals surface area (Å²) in [6, 6.07) is 14.2. The molecule has 0 spiro atoms. The topological polar surface area (TPSA) is 65.2 Å². The van der Waals surface area contributed by atoms with Crippen LogP contribution in [0.25, 0.3) is 10.9 Å². The molecule has 6 heteroatoms. The van der Waals surface area contributed by atoms with Crippen molar-refractivity contribution in [3.05, 3.63) is 71.7 Å². The van der Waals surface area contributed by atoms with Crippen LogP contribution in [0.3, 0.4) is 0 Å². The van der Waals surface area contributed by atoms with Gasteiger partial charge in [0.2, 0.25) is 11.8 Å². The fourth-order valence-corrected chi connectivity index (χ4v) is 3.17. The zero-order chi connectivity index (χ0) is 19.9. The van der Waals surface area contributed by atoms with Crippen molar-refractivity contribution in [2.75, 3.05) is 19.6 Å². The molecule has 28 heavy (non-hydrogen) atoms. The molecule has 2 amide bonds. The van der Waals surface area contributed by atoms with Crippen molar-refractivity contribution in [2.45, 2.75) is 19.8 Å². The highest BCUT2D eigenvalue weighted by Crippen LogP contribution is 2.17. The van der Waals surface area contributed by atoms with Gasteiger partial charge in [-0.1, -0.05) is 30.3 Å². The summed E-state index contributed by atoms with van der Waals surface area (Å²) >= 11 is 0. The number of carbonyl (C=O) groups excluding carboxylic acids is 2. The maximum Gasteiger partial charge on any atom is 0.239 e. The number of hydrogen-bond donors (Lipinski definition) is 2. The second-order valence-electron chi connectivity index (χ2n) is 6.78. The lowest BCUT2D eigenvalue weighted by Gasteiger charge is -2.20. The molecule has 0 unspecified atom stereocenters. The van der Waals surface area contributed by atoms with Gasteiger partial charge < -0.3 is 15.2 Å². The number of halogens is 1. The smallest absolute Gasteiger partial charge is 0.239 e. The monoisotopic (exact) mass is 381 g/mol. The largest absolute Gasteiger partial charge is 0.361 e. The lowest BCUT2D eigenvalue weighted by molar-refractivity contribution is -0.134. The maximum atomic E-state index is 13.0. The Bertz CT molecular complexity index is 950. The Balaban J connectivity index is 1.47. The lowest BCUT2D eigenvalue weighted by Crippen LogP contribution is -2.41. The molecule has 2 N–H and O–H groups in total. The summed E-state index contributed by atoms with van der Waals surface area (Å²) in [7, 11) is 0. The molecule has 0 radical (unpaired) electrons. The van der Waals surface area contributed by atoms with Gasteiger partial charge in [0.05, 0.1) is 6.54 Å². The first-order chi connectivity index (χ1) is 13.5. The Morgan fingerprint density at radius 1 is 1.07 bits per heavy atom. The highest BCUT2D eigenvalue weighted by atomic mass is 19.1. The van der Waals surface area contributed by atoms with Crippen LogP contribution in [0.5, 0.6) is 0 Å². The van der Waals surface area contributed by atoms with Crippen molar-refractivity contribution in [3.8, 4) is 0 Å². The normalized spacial score (nSPS) is 10.8. The standard InChI is InChI=1S/C22H24FN3O2/c1-16(27)26(13-11-17-6-8-19(23)9-7-17)15-22(28)24-12-10-18-14-25-21-5-3-2-4-20(18)21/h2-9,14,25H,10-13,15H2,1H3,(H,24,28). The van der Waals surface area contributed by atoms with E-state index in [1.165, 1.54) is 24.0 Å². The predicted molar refractivity (Wildman–Crippen MR) is 107 cm³/mol. The molecule has 146 valence electrons. The van der Waals surface area contributed by atoms with E-state index in [4.69, 9.17) is 0 Å². The summed E-state index contributed by atoms with van der Waals surface area (Å²) in [6.45, 7) is 2.38. The molecular formula is C22H24FN3O2. The van der Waals surface area contributed by atoms with E-state index in [0.717, 1.165) is 22.0 Å². The average molecular weight is 381 g/mol. The number of H-pyrrole nitrogens is 1. The number of para-hydroxylation sites is 1. The van der Waals surface area contributed by atoms with Crippen LogP contribution >= 0.6 is 0 Å². The summed E-state index contributed by atoms with van der Waals surface area (Å²) in [5, 5.41) is 4.03. The van der Waals surface area contributed by atoms with Crippen molar-refractivity contribution in [1.29, 1.82) is 0 Å². The molecule has 2 aromatic carbocycles. The molecule has 3 aromatic rings. The van der Waals surface area contributed by atoms with Gasteiger partial charge in [0.1, 0.15) is 5.82 Å². The Kier molecular flexibility index (Phi) is 6.42. The van der Waals surface area contributed by atoms with Crippen LogP contribution in [0.4, 0.5) is 4.39 Å². The minimum atomic E-state index is -0.290. The van der Waals surface area contributed by atoms with E-state index in [1.807, 2.05) is 24.4 Å². The van der Waals surface area contributed by atoms with Gasteiger partial charge in [-0.25, -0.2) is 4.39 Å². The van der Waals surface area contributed by atoms with E-state index < -0.39 is 0 Å². The molecule has 0 atom stereocenters. The molecule has 0 bridgehead atoms. The van der Waals surface area contributed by atoms with E-state index in [9.17, 15) is 14.0 Å². The minimum Gasteiger partial charge on any atom is -0.361 e. The lowest BCUT2D eigenvalue weighted by atomic mass is 10.1. The van der Waals surface area contributed by atoms with Crippen LogP contribution < -0.4 is 5.32 Å². The summed E-state index contributed by atoms with van der Waals surface area (Å²) in [6.07, 6.45) is 3.25. The summed E-state index contributed by atoms with van der Waals surface area (Å²) in [5.74, 6) is -0.634. The minimum absolute atomic E-state index is 0.0183. The number of nitrogens with zero attached hydrogens (tertiary/aromatic N) is 1. The van der Waals surface area contributed by atoms with Crippen LogP contribution in [-0.2, 0) is 22.4 Å². The first-order valence-electron chi connectivity index (χ1n) is 9.34. The van der Waals surface area contributed by atoms with Crippen LogP contribution in [0.15, 0.2) is 54.7 Å². The number of rotatable bonds is 8. The van der Waals surface area contributed by atoms with Crippen molar-refractivity contribution in [1.82, 2.24) is 15.2 Å². The van der Waals surface area contributed by atoms with Crippen LogP contribution in [0, 0.1) is 5.82 Å². The van der Waals surface area contributed by atoms with Gasteiger partial charge in [0.15, 0.2) is 0 Å². The van der Waals surface area contributed by atoms with Gasteiger partial charge in [0, 0.05) is 37.1 Å². The van der Waals surface area contributed by atoms with E-state index in [0.29, 0.717) is 25.9 Å². The fourth-order valence-electron chi connectivity index (χ4n) is 3.17. The maximum absolute atomic E-state index is 13.0. The van der Waals surface area contributed by atoms with Crippen molar-refractivity contribution in [2.24, 2.45) is 0 Å². The summed E-state index contributed by atoms with van der Waals surface area (Å²) < 4.78 is 13.0. The van der Waals surface area contributed by atoms with Crippen molar-refractivity contribution >= 4 is 22.7 Å². The first-order valence-corrected chi connectivity index (χ1v) is 9.34. The molecule has 0 aliphatic carbocycles. The van der Waals surface area contributed by atoms with Crippen molar-refractivity contribution < 1.29 is 14.0 Å². The highest BCUT2D eigenvalue weighted by molar-refractivity contribution is 5.84. The summed E-state index contributed by atoms with van der Waals surface area (Å²) in [4.78, 5) is 28.8. The third-order valence-corrected chi connectivity index (χ3v) is 4.75. The summed E-state index contributed by atoms with van der Waals surface area (Å²) in [5.41, 5.74) is 3.15. The van der Waals surface area contributed by atoms with Gasteiger partial charge in [-0.2, -0.15) is 0 Å². The molecular weight excluding hydrogens is 357 g/mol. The molecule has 5 nitrogen and oxygen atoms in total. The number of carbonyl (C=O) groups is 2. The van der Waals surface area contributed by atoms with E-state index in [2.05, 4.69) is 16.4 Å². The third-order valence-electron chi connectivity index (χ3n) is 4.75. The number of nitrogens with one attached hydrogen (secondary N) is 2. The Morgan fingerprint density at radius 3 is 2.57 bits per heavy atom. The van der Waals surface area contributed by atoms with E-state index >= 15 is 0 Å². The Labute approximate surface area is 163 Å². The number of aromatic amines is 1. The highest BCUT2D eigenvalue weighted by Gasteiger charge is 2.13. The fraction of sp³-hybridized carbons (Fsp3) is 0.273. The number of aromatic nitrogens is 1. The zero-order valence-electron chi connectivity index (χ0n) is 15.9. The molecule has 0 fully saturated rings. The SMILES string of the molecule is CC(=O)N(CCc1ccc(F)cc1)CC(=O)NCCc1c[nH]c2ccccc12. The molecule has 3 rings (SSSR count). The Morgan fingerprint density at radius 2 is 1.82 bits per heavy atom. The predicted octanol–water partition coefficient (Wildman–Crippen LogP) is 3.06. The third kappa shape index (κ3) is 5.19. The molecule has 1 aromatic heterocycles. The number of amides is 2. The van der Waals surface area contributed by atoms with Crippen molar-refractivity contribution in [3.63, 3.8) is 0 Å². The van der Waals surface area contributed by atoms with Crippen LogP contribution in [0.1, 0.15) is 18.1 Å². The van der Waals surface area contributed by atoms with Gasteiger partial charge in [-0.15, -0.1) is 0 Å². The van der Waals surface area contributed by atoms with Gasteiger partial charge in [0.25, 0.3) is 0 Å². The second kappa shape index (κ2) is 9.17. The average Bonchev–Trinajstić information content (AvgIpc) is 3.09. The van der Waals surface area contributed by atoms with Crippen LogP contribution in [-0.4, -0.2) is 41.3 Å². The number of fused-ring (bicyclic) bond motifs is 1. The van der Waals surface area contributed by atoms with Gasteiger partial charge in [-0.3, -0.25) is 9.59 Å². The van der Waals surface area contributed by atoms with Crippen LogP contribution in [0.2, 0.25) is 0 Å². The zero-order valence-corrected chi connectivity index (χ0v) is 15.9. The number of hydrogen-bond acceptors (Lipinski definition) is 2. The molecule has 0 saturated heterocycles.